The van der Waals surface area contributed by atoms with E-state index in [1.54, 1.807) is 42.1 Å². The fourth-order valence-corrected chi connectivity index (χ4v) is 5.67. The molecule has 4 aromatic rings. The Kier molecular flexibility index (Phi) is 6.71. The van der Waals surface area contributed by atoms with Crippen molar-refractivity contribution >= 4 is 5.97 Å². The third-order valence-corrected chi connectivity index (χ3v) is 7.85. The van der Waals surface area contributed by atoms with Gasteiger partial charge in [0, 0.05) is 30.2 Å². The van der Waals surface area contributed by atoms with Crippen LogP contribution in [0.3, 0.4) is 0 Å². The van der Waals surface area contributed by atoms with E-state index in [1.165, 1.54) is 13.2 Å². The van der Waals surface area contributed by atoms with Crippen LogP contribution in [0, 0.1) is 6.92 Å². The van der Waals surface area contributed by atoms with E-state index in [4.69, 9.17) is 14.2 Å². The van der Waals surface area contributed by atoms with E-state index < -0.39 is 17.8 Å². The topological polar surface area (TPSA) is 75.5 Å². The maximum absolute atomic E-state index is 14.2. The first-order valence-corrected chi connectivity index (χ1v) is 13.3. The molecule has 6 rings (SSSR count). The Morgan fingerprint density at radius 2 is 1.80 bits per heavy atom. The van der Waals surface area contributed by atoms with E-state index in [1.807, 2.05) is 19.1 Å². The van der Waals surface area contributed by atoms with Crippen LogP contribution in [0.2, 0.25) is 0 Å². The molecule has 2 heterocycles. The summed E-state index contributed by atoms with van der Waals surface area (Å²) < 4.78 is 61.1. The molecule has 0 saturated heterocycles. The van der Waals surface area contributed by atoms with Crippen LogP contribution in [0.4, 0.5) is 13.2 Å². The lowest BCUT2D eigenvalue weighted by Gasteiger charge is -2.20. The summed E-state index contributed by atoms with van der Waals surface area (Å²) in [5.74, 6) is 2.07. The number of fused-ring (bicyclic) bond motifs is 2. The molecule has 2 atom stereocenters. The summed E-state index contributed by atoms with van der Waals surface area (Å²) in [4.78, 5) is 16.1. The Hall–Kier alpha value is -4.34. The SMILES string of the molecule is COC(=O)C[C@@H]1COc2cc(O[C@@H]3CCc4c3ccc(C(F)(F)F)c4-c3ccc(-c4nc(C)n(C)n4)cc3)ccc21. The van der Waals surface area contributed by atoms with E-state index >= 15 is 0 Å². The molecule has 0 unspecified atom stereocenters. The highest BCUT2D eigenvalue weighted by molar-refractivity contribution is 5.76. The highest BCUT2D eigenvalue weighted by atomic mass is 19.4. The zero-order valence-corrected chi connectivity index (χ0v) is 22.8. The number of hydrogen-bond acceptors (Lipinski definition) is 6. The van der Waals surface area contributed by atoms with Crippen LogP contribution < -0.4 is 9.47 Å². The second-order valence-corrected chi connectivity index (χ2v) is 10.4. The van der Waals surface area contributed by atoms with Crippen LogP contribution in [0.15, 0.2) is 54.6 Å². The number of rotatable bonds is 6. The highest BCUT2D eigenvalue weighted by Crippen LogP contribution is 2.47. The van der Waals surface area contributed by atoms with Crippen LogP contribution >= 0.6 is 0 Å². The van der Waals surface area contributed by atoms with Crippen LogP contribution in [0.25, 0.3) is 22.5 Å². The molecular formula is C31H28F3N3O4. The summed E-state index contributed by atoms with van der Waals surface area (Å²) in [6, 6.07) is 15.1. The number of ether oxygens (including phenoxy) is 3. The van der Waals surface area contributed by atoms with Gasteiger partial charge in [0.15, 0.2) is 5.82 Å². The van der Waals surface area contributed by atoms with Gasteiger partial charge in [0.2, 0.25) is 0 Å². The number of benzene rings is 3. The number of aromatic nitrogens is 3. The lowest BCUT2D eigenvalue weighted by Crippen LogP contribution is -2.10. The van der Waals surface area contributed by atoms with Gasteiger partial charge in [-0.2, -0.15) is 18.3 Å². The van der Waals surface area contributed by atoms with Crippen LogP contribution in [0.5, 0.6) is 11.5 Å². The number of aryl methyl sites for hydroxylation is 2. The molecular weight excluding hydrogens is 535 g/mol. The molecule has 0 radical (unpaired) electrons. The monoisotopic (exact) mass is 563 g/mol. The van der Waals surface area contributed by atoms with Crippen molar-refractivity contribution in [3.63, 3.8) is 0 Å². The molecule has 41 heavy (non-hydrogen) atoms. The maximum Gasteiger partial charge on any atom is 0.417 e. The van der Waals surface area contributed by atoms with E-state index in [-0.39, 0.29) is 23.9 Å². The minimum absolute atomic E-state index is 0.0917. The maximum atomic E-state index is 14.2. The van der Waals surface area contributed by atoms with Gasteiger partial charge in [0.05, 0.1) is 25.7 Å². The van der Waals surface area contributed by atoms with Crippen molar-refractivity contribution in [2.75, 3.05) is 13.7 Å². The largest absolute Gasteiger partial charge is 0.492 e. The third kappa shape index (κ3) is 5.03. The second kappa shape index (κ2) is 10.2. The quantitative estimate of drug-likeness (QED) is 0.247. The van der Waals surface area contributed by atoms with Crippen molar-refractivity contribution in [3.05, 3.63) is 82.7 Å². The minimum atomic E-state index is -4.51. The molecule has 3 aromatic carbocycles. The molecule has 212 valence electrons. The number of nitrogens with zero attached hydrogens (tertiary/aromatic N) is 3. The first kappa shape index (κ1) is 26.9. The molecule has 2 aliphatic rings. The number of halogens is 3. The van der Waals surface area contributed by atoms with Gasteiger partial charge in [0.1, 0.15) is 23.4 Å². The van der Waals surface area contributed by atoms with Gasteiger partial charge in [-0.3, -0.25) is 9.48 Å². The third-order valence-electron chi connectivity index (χ3n) is 7.85. The average Bonchev–Trinajstić information content (AvgIpc) is 3.64. The zero-order valence-electron chi connectivity index (χ0n) is 22.8. The summed E-state index contributed by atoms with van der Waals surface area (Å²) in [5, 5.41) is 4.37. The van der Waals surface area contributed by atoms with Gasteiger partial charge in [-0.05, 0) is 54.2 Å². The molecule has 0 fully saturated rings. The fourth-order valence-electron chi connectivity index (χ4n) is 5.67. The van der Waals surface area contributed by atoms with Crippen molar-refractivity contribution in [3.8, 4) is 34.0 Å². The zero-order chi connectivity index (χ0) is 28.9. The second-order valence-electron chi connectivity index (χ2n) is 10.4. The summed E-state index contributed by atoms with van der Waals surface area (Å²) >= 11 is 0. The van der Waals surface area contributed by atoms with Crippen molar-refractivity contribution < 1.29 is 32.2 Å². The predicted molar refractivity (Wildman–Crippen MR) is 145 cm³/mol. The van der Waals surface area contributed by atoms with Gasteiger partial charge in [0.25, 0.3) is 0 Å². The molecule has 10 heteroatoms. The Balaban J connectivity index is 1.30. The van der Waals surface area contributed by atoms with Crippen LogP contribution in [0.1, 0.15) is 52.9 Å². The van der Waals surface area contributed by atoms with Gasteiger partial charge in [-0.15, -0.1) is 0 Å². The van der Waals surface area contributed by atoms with E-state index in [0.29, 0.717) is 47.9 Å². The lowest BCUT2D eigenvalue weighted by atomic mass is 9.91. The number of methoxy groups -OCH3 is 1. The van der Waals surface area contributed by atoms with Crippen molar-refractivity contribution in [2.24, 2.45) is 7.05 Å². The Morgan fingerprint density at radius 1 is 1.07 bits per heavy atom. The van der Waals surface area contributed by atoms with E-state index in [9.17, 15) is 18.0 Å². The number of esters is 1. The summed E-state index contributed by atoms with van der Waals surface area (Å²) in [6.07, 6.45) is -3.70. The van der Waals surface area contributed by atoms with Gasteiger partial charge in [-0.25, -0.2) is 4.98 Å². The number of carbonyl (C=O) groups is 1. The van der Waals surface area contributed by atoms with Crippen LogP contribution in [-0.2, 0) is 29.2 Å². The van der Waals surface area contributed by atoms with Crippen molar-refractivity contribution in [1.82, 2.24) is 14.8 Å². The molecule has 0 saturated carbocycles. The van der Waals surface area contributed by atoms with Gasteiger partial charge >= 0.3 is 12.1 Å². The highest BCUT2D eigenvalue weighted by Gasteiger charge is 2.38. The Bertz CT molecular complexity index is 1610. The standard InChI is InChI=1S/C31H28F3N3O4/c1-17-35-30(36-37(17)2)19-6-4-18(5-7-19)29-24-11-13-26(23(24)10-12-25(29)31(32,33)34)41-21-8-9-22-20(14-28(38)39-3)16-40-27(22)15-21/h4-10,12,15,20,26H,11,13-14,16H2,1-3H3/t20-,26-/m1/s1. The summed E-state index contributed by atoms with van der Waals surface area (Å²) in [5.41, 5.74) is 3.01. The minimum Gasteiger partial charge on any atom is -0.492 e. The normalized spacial score (nSPS) is 17.6. The number of carbonyl (C=O) groups excluding carboxylic acids is 1. The summed E-state index contributed by atoms with van der Waals surface area (Å²) in [6.45, 7) is 2.21. The first-order chi connectivity index (χ1) is 19.6. The lowest BCUT2D eigenvalue weighted by molar-refractivity contribution is -0.141. The first-order valence-electron chi connectivity index (χ1n) is 13.3. The molecule has 0 bridgehead atoms. The molecule has 0 amide bonds. The predicted octanol–water partition coefficient (Wildman–Crippen LogP) is 6.58. The Morgan fingerprint density at radius 3 is 2.49 bits per heavy atom. The van der Waals surface area contributed by atoms with E-state index in [2.05, 4.69) is 10.1 Å². The Labute approximate surface area is 234 Å². The number of alkyl halides is 3. The smallest absolute Gasteiger partial charge is 0.417 e. The average molecular weight is 564 g/mol. The molecule has 1 aliphatic heterocycles. The summed E-state index contributed by atoms with van der Waals surface area (Å²) in [7, 11) is 3.15. The van der Waals surface area contributed by atoms with E-state index in [0.717, 1.165) is 28.6 Å². The fraction of sp³-hybridized carbons (Fsp3) is 0.323. The van der Waals surface area contributed by atoms with Crippen molar-refractivity contribution in [2.45, 2.75) is 44.4 Å². The molecule has 1 aliphatic carbocycles. The van der Waals surface area contributed by atoms with Gasteiger partial charge in [-0.1, -0.05) is 36.4 Å². The molecule has 7 nitrogen and oxygen atoms in total. The van der Waals surface area contributed by atoms with Gasteiger partial charge < -0.3 is 14.2 Å². The number of hydrogen-bond donors (Lipinski definition) is 0. The molecule has 0 N–H and O–H groups in total. The van der Waals surface area contributed by atoms with Crippen molar-refractivity contribution in [1.29, 1.82) is 0 Å². The molecule has 1 aromatic heterocycles. The molecule has 0 spiro atoms. The van der Waals surface area contributed by atoms with Crippen LogP contribution in [-0.4, -0.2) is 34.5 Å².